The Morgan fingerprint density at radius 2 is 2.12 bits per heavy atom. The number of hydrogen-bond acceptors (Lipinski definition) is 3. The Balaban J connectivity index is 2.37. The zero-order chi connectivity index (χ0) is 12.0. The molecule has 3 aromatic heterocycles. The number of anilines is 1. The van der Waals surface area contributed by atoms with Crippen LogP contribution < -0.4 is 5.73 Å². The van der Waals surface area contributed by atoms with Crippen molar-refractivity contribution in [1.82, 2.24) is 9.38 Å². The van der Waals surface area contributed by atoms with Gasteiger partial charge in [-0.25, -0.2) is 4.98 Å². The number of nitrogens with zero attached hydrogens (tertiary/aromatic N) is 2. The fourth-order valence-electron chi connectivity index (χ4n) is 1.84. The van der Waals surface area contributed by atoms with Crippen molar-refractivity contribution >= 4 is 38.6 Å². The van der Waals surface area contributed by atoms with Crippen molar-refractivity contribution < 1.29 is 0 Å². The second-order valence-electron chi connectivity index (χ2n) is 3.81. The lowest BCUT2D eigenvalue weighted by Crippen LogP contribution is -1.97. The molecule has 0 atom stereocenters. The summed E-state index contributed by atoms with van der Waals surface area (Å²) < 4.78 is 2.79. The molecule has 0 unspecified atom stereocenters. The summed E-state index contributed by atoms with van der Waals surface area (Å²) >= 11 is 5.19. The Hall–Kier alpha value is -1.33. The standard InChI is InChI=1S/C12H10BrN3S/c1-7-5-6-9(17-7)12-15-11(13)8-3-2-4-10(14)16(8)12/h2-6H,14H2,1H3. The van der Waals surface area contributed by atoms with E-state index in [2.05, 4.69) is 40.0 Å². The maximum absolute atomic E-state index is 6.02. The van der Waals surface area contributed by atoms with E-state index < -0.39 is 0 Å². The molecule has 2 N–H and O–H groups in total. The molecule has 0 saturated heterocycles. The molecule has 0 bridgehead atoms. The van der Waals surface area contributed by atoms with Crippen molar-refractivity contribution in [3.8, 4) is 10.7 Å². The molecule has 3 heterocycles. The van der Waals surface area contributed by atoms with Gasteiger partial charge in [-0.3, -0.25) is 4.40 Å². The summed E-state index contributed by atoms with van der Waals surface area (Å²) in [6.07, 6.45) is 0. The zero-order valence-electron chi connectivity index (χ0n) is 9.14. The first-order valence-corrected chi connectivity index (χ1v) is 6.77. The van der Waals surface area contributed by atoms with Crippen LogP contribution in [-0.4, -0.2) is 9.38 Å². The van der Waals surface area contributed by atoms with E-state index in [4.69, 9.17) is 5.73 Å². The van der Waals surface area contributed by atoms with Gasteiger partial charge in [0.15, 0.2) is 5.82 Å². The number of fused-ring (bicyclic) bond motifs is 1. The number of imidazole rings is 1. The van der Waals surface area contributed by atoms with Crippen LogP contribution in [0.3, 0.4) is 0 Å². The molecule has 5 heteroatoms. The molecule has 17 heavy (non-hydrogen) atoms. The number of pyridine rings is 1. The van der Waals surface area contributed by atoms with Gasteiger partial charge in [-0.15, -0.1) is 11.3 Å². The molecule has 0 saturated carbocycles. The zero-order valence-corrected chi connectivity index (χ0v) is 11.5. The quantitative estimate of drug-likeness (QED) is 0.744. The molecule has 0 aliphatic carbocycles. The van der Waals surface area contributed by atoms with Crippen LogP contribution in [-0.2, 0) is 0 Å². The first-order chi connectivity index (χ1) is 8.16. The van der Waals surface area contributed by atoms with Crippen LogP contribution in [0.2, 0.25) is 0 Å². The van der Waals surface area contributed by atoms with Gasteiger partial charge < -0.3 is 5.73 Å². The van der Waals surface area contributed by atoms with E-state index in [9.17, 15) is 0 Å². The van der Waals surface area contributed by atoms with Gasteiger partial charge in [0.05, 0.1) is 10.4 Å². The number of nitrogens with two attached hydrogens (primary N) is 1. The predicted octanol–water partition coefficient (Wildman–Crippen LogP) is 3.72. The van der Waals surface area contributed by atoms with E-state index in [1.54, 1.807) is 11.3 Å². The Labute approximate surface area is 111 Å². The molecule has 0 spiro atoms. The highest BCUT2D eigenvalue weighted by Crippen LogP contribution is 2.32. The third-order valence-electron chi connectivity index (χ3n) is 2.61. The average molecular weight is 308 g/mol. The summed E-state index contributed by atoms with van der Waals surface area (Å²) in [5.74, 6) is 1.59. The van der Waals surface area contributed by atoms with Gasteiger partial charge in [-0.1, -0.05) is 6.07 Å². The monoisotopic (exact) mass is 307 g/mol. The van der Waals surface area contributed by atoms with Crippen LogP contribution >= 0.6 is 27.3 Å². The smallest absolute Gasteiger partial charge is 0.157 e. The van der Waals surface area contributed by atoms with E-state index in [-0.39, 0.29) is 0 Å². The molecule has 3 nitrogen and oxygen atoms in total. The van der Waals surface area contributed by atoms with Gasteiger partial charge in [-0.05, 0) is 47.1 Å². The summed E-state index contributed by atoms with van der Waals surface area (Å²) in [4.78, 5) is 6.94. The van der Waals surface area contributed by atoms with Crippen molar-refractivity contribution in [2.75, 3.05) is 5.73 Å². The third-order valence-corrected chi connectivity index (χ3v) is 4.19. The number of aromatic nitrogens is 2. The van der Waals surface area contributed by atoms with E-state index in [1.165, 1.54) is 4.88 Å². The molecular weight excluding hydrogens is 298 g/mol. The van der Waals surface area contributed by atoms with Crippen molar-refractivity contribution in [3.05, 3.63) is 39.8 Å². The second kappa shape index (κ2) is 3.85. The predicted molar refractivity (Wildman–Crippen MR) is 75.4 cm³/mol. The summed E-state index contributed by atoms with van der Waals surface area (Å²) in [5, 5.41) is 0. The van der Waals surface area contributed by atoms with Crippen LogP contribution in [0.15, 0.2) is 34.9 Å². The topological polar surface area (TPSA) is 43.3 Å². The van der Waals surface area contributed by atoms with Gasteiger partial charge in [-0.2, -0.15) is 0 Å². The van der Waals surface area contributed by atoms with Crippen LogP contribution in [0.5, 0.6) is 0 Å². The molecule has 0 fully saturated rings. The molecule has 0 aliphatic heterocycles. The van der Waals surface area contributed by atoms with E-state index in [0.29, 0.717) is 5.82 Å². The minimum atomic E-state index is 0.696. The fourth-order valence-corrected chi connectivity index (χ4v) is 3.17. The van der Waals surface area contributed by atoms with Crippen LogP contribution in [0, 0.1) is 6.92 Å². The largest absolute Gasteiger partial charge is 0.385 e. The van der Waals surface area contributed by atoms with E-state index >= 15 is 0 Å². The first-order valence-electron chi connectivity index (χ1n) is 5.16. The van der Waals surface area contributed by atoms with Crippen molar-refractivity contribution in [1.29, 1.82) is 0 Å². The molecular formula is C12H10BrN3S. The number of aryl methyl sites for hydroxylation is 1. The van der Waals surface area contributed by atoms with Gasteiger partial charge in [0.25, 0.3) is 0 Å². The normalized spacial score (nSPS) is 11.2. The lowest BCUT2D eigenvalue weighted by molar-refractivity contribution is 1.18. The summed E-state index contributed by atoms with van der Waals surface area (Å²) in [6, 6.07) is 9.98. The molecule has 86 valence electrons. The van der Waals surface area contributed by atoms with Crippen LogP contribution in [0.4, 0.5) is 5.82 Å². The van der Waals surface area contributed by atoms with Gasteiger partial charge in [0, 0.05) is 4.88 Å². The maximum atomic E-state index is 6.02. The minimum absolute atomic E-state index is 0.696. The Bertz CT molecular complexity index is 699. The highest BCUT2D eigenvalue weighted by Gasteiger charge is 2.13. The highest BCUT2D eigenvalue weighted by atomic mass is 79.9. The second-order valence-corrected chi connectivity index (χ2v) is 5.85. The number of rotatable bonds is 1. The maximum Gasteiger partial charge on any atom is 0.157 e. The molecule has 0 aromatic carbocycles. The Morgan fingerprint density at radius 1 is 1.29 bits per heavy atom. The Morgan fingerprint density at radius 3 is 2.82 bits per heavy atom. The Kier molecular flexibility index (Phi) is 2.45. The third kappa shape index (κ3) is 1.66. The fraction of sp³-hybridized carbons (Fsp3) is 0.0833. The average Bonchev–Trinajstić information content (AvgIpc) is 2.85. The van der Waals surface area contributed by atoms with Gasteiger partial charge in [0.1, 0.15) is 10.4 Å². The molecule has 0 radical (unpaired) electrons. The summed E-state index contributed by atoms with van der Waals surface area (Å²) in [5.41, 5.74) is 7.01. The summed E-state index contributed by atoms with van der Waals surface area (Å²) in [7, 11) is 0. The highest BCUT2D eigenvalue weighted by molar-refractivity contribution is 9.10. The SMILES string of the molecule is Cc1ccc(-c2nc(Br)c3cccc(N)n23)s1. The first kappa shape index (κ1) is 10.8. The van der Waals surface area contributed by atoms with E-state index in [1.807, 2.05) is 22.6 Å². The van der Waals surface area contributed by atoms with Crippen LogP contribution in [0.25, 0.3) is 16.2 Å². The number of halogens is 1. The van der Waals surface area contributed by atoms with Crippen molar-refractivity contribution in [2.24, 2.45) is 0 Å². The molecule has 0 aliphatic rings. The molecule has 3 aromatic rings. The van der Waals surface area contributed by atoms with Gasteiger partial charge in [0.2, 0.25) is 0 Å². The number of nitrogen functional groups attached to an aromatic ring is 1. The van der Waals surface area contributed by atoms with E-state index in [0.717, 1.165) is 20.8 Å². The number of hydrogen-bond donors (Lipinski definition) is 1. The van der Waals surface area contributed by atoms with Crippen molar-refractivity contribution in [3.63, 3.8) is 0 Å². The minimum Gasteiger partial charge on any atom is -0.385 e. The van der Waals surface area contributed by atoms with Gasteiger partial charge >= 0.3 is 0 Å². The van der Waals surface area contributed by atoms with Crippen LogP contribution in [0.1, 0.15) is 4.88 Å². The lowest BCUT2D eigenvalue weighted by atomic mass is 10.4. The number of thiophene rings is 1. The lowest BCUT2D eigenvalue weighted by Gasteiger charge is -2.02. The summed E-state index contributed by atoms with van der Waals surface area (Å²) in [6.45, 7) is 2.09. The molecule has 0 amide bonds. The molecule has 3 rings (SSSR count). The van der Waals surface area contributed by atoms with Crippen molar-refractivity contribution in [2.45, 2.75) is 6.92 Å².